The highest BCUT2D eigenvalue weighted by Gasteiger charge is 2.20. The number of carbonyl (C=O) groups is 1. The lowest BCUT2D eigenvalue weighted by Crippen LogP contribution is -2.19. The molecule has 1 unspecified atom stereocenters. The van der Waals surface area contributed by atoms with Crippen molar-refractivity contribution in [2.45, 2.75) is 12.8 Å². The Kier molecular flexibility index (Phi) is 4.49. The summed E-state index contributed by atoms with van der Waals surface area (Å²) in [4.78, 5) is 11.5. The Morgan fingerprint density at radius 2 is 2.12 bits per heavy atom. The Hall–Kier alpha value is -1.86. The molecule has 0 fully saturated rings. The summed E-state index contributed by atoms with van der Waals surface area (Å²) in [5, 5.41) is 17.8. The predicted octanol–water partition coefficient (Wildman–Crippen LogP) is 1.20. The van der Waals surface area contributed by atoms with Crippen LogP contribution in [0.25, 0.3) is 0 Å². The number of nitriles is 1. The Labute approximate surface area is 94.1 Å². The monoisotopic (exact) mass is 219 g/mol. The number of rotatable bonds is 4. The number of aliphatic hydroxyl groups excluding tert-OH is 1. The third-order valence-corrected chi connectivity index (χ3v) is 2.20. The molecule has 1 atom stereocenters. The number of esters is 1. The van der Waals surface area contributed by atoms with Gasteiger partial charge in [-0.1, -0.05) is 12.1 Å². The highest BCUT2D eigenvalue weighted by molar-refractivity contribution is 5.78. The molecule has 0 heterocycles. The third kappa shape index (κ3) is 2.81. The lowest BCUT2D eigenvalue weighted by atomic mass is 9.99. The van der Waals surface area contributed by atoms with Crippen LogP contribution < -0.4 is 0 Å². The second-order valence-electron chi connectivity index (χ2n) is 3.22. The van der Waals surface area contributed by atoms with E-state index in [0.29, 0.717) is 11.1 Å². The molecule has 1 aromatic carbocycles. The van der Waals surface area contributed by atoms with Gasteiger partial charge in [0.15, 0.2) is 0 Å². The predicted molar refractivity (Wildman–Crippen MR) is 57.6 cm³/mol. The molecular formula is C12H13NO3. The molecule has 0 bridgehead atoms. The van der Waals surface area contributed by atoms with Crippen molar-refractivity contribution < 1.29 is 14.6 Å². The zero-order valence-corrected chi connectivity index (χ0v) is 9.01. The first-order chi connectivity index (χ1) is 7.72. The summed E-state index contributed by atoms with van der Waals surface area (Å²) in [6.07, 6.45) is 0. The first-order valence-electron chi connectivity index (χ1n) is 5.00. The average Bonchev–Trinajstić information content (AvgIpc) is 2.31. The van der Waals surface area contributed by atoms with Gasteiger partial charge in [0.25, 0.3) is 0 Å². The van der Waals surface area contributed by atoms with E-state index in [0.717, 1.165) is 0 Å². The number of carbonyl (C=O) groups excluding carboxylic acids is 1. The van der Waals surface area contributed by atoms with Crippen molar-refractivity contribution in [2.24, 2.45) is 0 Å². The van der Waals surface area contributed by atoms with Gasteiger partial charge in [0, 0.05) is 0 Å². The van der Waals surface area contributed by atoms with Gasteiger partial charge in [-0.25, -0.2) is 0 Å². The van der Waals surface area contributed by atoms with Gasteiger partial charge in [0.05, 0.1) is 24.8 Å². The van der Waals surface area contributed by atoms with Crippen LogP contribution in [0.15, 0.2) is 24.3 Å². The molecule has 1 rings (SSSR count). The van der Waals surface area contributed by atoms with Gasteiger partial charge in [0.2, 0.25) is 0 Å². The minimum Gasteiger partial charge on any atom is -0.465 e. The fourth-order valence-corrected chi connectivity index (χ4v) is 1.35. The zero-order valence-electron chi connectivity index (χ0n) is 9.01. The Morgan fingerprint density at radius 1 is 1.50 bits per heavy atom. The largest absolute Gasteiger partial charge is 0.465 e. The first kappa shape index (κ1) is 12.2. The van der Waals surface area contributed by atoms with E-state index in [9.17, 15) is 4.79 Å². The lowest BCUT2D eigenvalue weighted by Gasteiger charge is -2.12. The van der Waals surface area contributed by atoms with E-state index in [1.54, 1.807) is 31.2 Å². The number of hydrogen-bond acceptors (Lipinski definition) is 4. The third-order valence-electron chi connectivity index (χ3n) is 2.20. The summed E-state index contributed by atoms with van der Waals surface area (Å²) in [7, 11) is 0. The van der Waals surface area contributed by atoms with Crippen LogP contribution in [-0.2, 0) is 9.53 Å². The van der Waals surface area contributed by atoms with Gasteiger partial charge in [-0.15, -0.1) is 0 Å². The van der Waals surface area contributed by atoms with Gasteiger partial charge >= 0.3 is 5.97 Å². The van der Waals surface area contributed by atoms with Crippen LogP contribution in [0.1, 0.15) is 24.0 Å². The van der Waals surface area contributed by atoms with E-state index in [1.165, 1.54) is 0 Å². The molecule has 0 aliphatic rings. The molecule has 4 heteroatoms. The van der Waals surface area contributed by atoms with Crippen LogP contribution in [0.2, 0.25) is 0 Å². The van der Waals surface area contributed by atoms with Gasteiger partial charge in [0.1, 0.15) is 5.92 Å². The maximum atomic E-state index is 11.5. The first-order valence-corrected chi connectivity index (χ1v) is 5.00. The minimum absolute atomic E-state index is 0.283. The fourth-order valence-electron chi connectivity index (χ4n) is 1.35. The molecule has 84 valence electrons. The highest BCUT2D eigenvalue weighted by atomic mass is 16.5. The van der Waals surface area contributed by atoms with Crippen molar-refractivity contribution in [3.05, 3.63) is 35.4 Å². The molecule has 0 aliphatic carbocycles. The van der Waals surface area contributed by atoms with Crippen LogP contribution in [0.3, 0.4) is 0 Å². The summed E-state index contributed by atoms with van der Waals surface area (Å²) in [5.74, 6) is -1.12. The van der Waals surface area contributed by atoms with Crippen LogP contribution in [-0.4, -0.2) is 24.3 Å². The van der Waals surface area contributed by atoms with E-state index >= 15 is 0 Å². The van der Waals surface area contributed by atoms with Gasteiger partial charge in [-0.3, -0.25) is 4.79 Å². The number of hydrogen-bond donors (Lipinski definition) is 1. The Balaban J connectivity index is 2.87. The van der Waals surface area contributed by atoms with Gasteiger partial charge in [-0.2, -0.15) is 5.26 Å². The number of nitrogens with zero attached hydrogens (tertiary/aromatic N) is 1. The number of ether oxygens (including phenoxy) is 1. The molecule has 0 saturated carbocycles. The van der Waals surface area contributed by atoms with Gasteiger partial charge in [-0.05, 0) is 24.6 Å². The van der Waals surface area contributed by atoms with E-state index in [2.05, 4.69) is 0 Å². The van der Waals surface area contributed by atoms with Crippen LogP contribution in [0.4, 0.5) is 0 Å². The SMILES string of the molecule is CCOC(=O)C(CO)c1ccc(C#N)cc1. The second-order valence-corrected chi connectivity index (χ2v) is 3.22. The molecule has 0 aliphatic heterocycles. The second kappa shape index (κ2) is 5.89. The van der Waals surface area contributed by atoms with E-state index in [-0.39, 0.29) is 13.2 Å². The fraction of sp³-hybridized carbons (Fsp3) is 0.333. The zero-order chi connectivity index (χ0) is 12.0. The molecule has 1 N–H and O–H groups in total. The van der Waals surface area contributed by atoms with Crippen LogP contribution in [0.5, 0.6) is 0 Å². The summed E-state index contributed by atoms with van der Waals surface area (Å²) >= 11 is 0. The summed E-state index contributed by atoms with van der Waals surface area (Å²) in [5.41, 5.74) is 1.17. The van der Waals surface area contributed by atoms with Crippen molar-refractivity contribution in [1.29, 1.82) is 5.26 Å². The molecule has 0 radical (unpaired) electrons. The summed E-state index contributed by atoms with van der Waals surface area (Å²) in [6.45, 7) is 1.70. The molecule has 16 heavy (non-hydrogen) atoms. The molecule has 0 saturated heterocycles. The van der Waals surface area contributed by atoms with Crippen molar-refractivity contribution >= 4 is 5.97 Å². The Morgan fingerprint density at radius 3 is 2.56 bits per heavy atom. The van der Waals surface area contributed by atoms with Crippen molar-refractivity contribution in [1.82, 2.24) is 0 Å². The summed E-state index contributed by atoms with van der Waals surface area (Å²) in [6, 6.07) is 8.50. The minimum atomic E-state index is -0.673. The molecule has 1 aromatic rings. The number of benzene rings is 1. The van der Waals surface area contributed by atoms with E-state index in [4.69, 9.17) is 15.1 Å². The molecule has 0 aromatic heterocycles. The highest BCUT2D eigenvalue weighted by Crippen LogP contribution is 2.17. The average molecular weight is 219 g/mol. The summed E-state index contributed by atoms with van der Waals surface area (Å²) < 4.78 is 4.84. The normalized spacial score (nSPS) is 11.6. The molecular weight excluding hydrogens is 206 g/mol. The van der Waals surface area contributed by atoms with E-state index < -0.39 is 11.9 Å². The molecule has 4 nitrogen and oxygen atoms in total. The smallest absolute Gasteiger partial charge is 0.315 e. The molecule has 0 amide bonds. The van der Waals surface area contributed by atoms with Crippen molar-refractivity contribution in [3.63, 3.8) is 0 Å². The van der Waals surface area contributed by atoms with Crippen molar-refractivity contribution in [3.8, 4) is 6.07 Å². The topological polar surface area (TPSA) is 70.3 Å². The van der Waals surface area contributed by atoms with Crippen molar-refractivity contribution in [2.75, 3.05) is 13.2 Å². The lowest BCUT2D eigenvalue weighted by molar-refractivity contribution is -0.145. The number of aliphatic hydroxyl groups is 1. The van der Waals surface area contributed by atoms with Crippen LogP contribution in [0, 0.1) is 11.3 Å². The maximum absolute atomic E-state index is 11.5. The Bertz CT molecular complexity index is 392. The van der Waals surface area contributed by atoms with Gasteiger partial charge < -0.3 is 9.84 Å². The van der Waals surface area contributed by atoms with Crippen LogP contribution >= 0.6 is 0 Å². The van der Waals surface area contributed by atoms with E-state index in [1.807, 2.05) is 6.07 Å². The quantitative estimate of drug-likeness (QED) is 0.772. The standard InChI is InChI=1S/C12H13NO3/c1-2-16-12(15)11(8-14)10-5-3-9(7-13)4-6-10/h3-6,11,14H,2,8H2,1H3. The maximum Gasteiger partial charge on any atom is 0.315 e. The molecule has 0 spiro atoms.